The fraction of sp³-hybridized carbons (Fsp3) is 0.429. The number of aromatic nitrogens is 1. The summed E-state index contributed by atoms with van der Waals surface area (Å²) in [6.07, 6.45) is 1.87. The van der Waals surface area contributed by atoms with E-state index in [2.05, 4.69) is 0 Å². The van der Waals surface area contributed by atoms with Gasteiger partial charge in [0, 0.05) is 47.5 Å². The summed E-state index contributed by atoms with van der Waals surface area (Å²) < 4.78 is 57.9. The van der Waals surface area contributed by atoms with Crippen molar-refractivity contribution in [3.05, 3.63) is 48.0 Å². The van der Waals surface area contributed by atoms with E-state index < -0.39 is 27.9 Å². The van der Waals surface area contributed by atoms with E-state index in [4.69, 9.17) is 0 Å². The Bertz CT molecular complexity index is 1160. The van der Waals surface area contributed by atoms with Gasteiger partial charge >= 0.3 is 0 Å². The molecule has 1 unspecified atom stereocenters. The van der Waals surface area contributed by atoms with E-state index in [1.54, 1.807) is 21.0 Å². The smallest absolute Gasteiger partial charge is 0.282 e. The van der Waals surface area contributed by atoms with Gasteiger partial charge in [-0.2, -0.15) is 17.0 Å². The average Bonchev–Trinajstić information content (AvgIpc) is 3.09. The molecular formula is C21H23F2N3O3S. The number of benzene rings is 2. The van der Waals surface area contributed by atoms with Crippen molar-refractivity contribution < 1.29 is 22.3 Å². The summed E-state index contributed by atoms with van der Waals surface area (Å²) in [4.78, 5) is 0. The molecule has 3 aromatic rings. The van der Waals surface area contributed by atoms with Crippen LogP contribution in [0.3, 0.4) is 0 Å². The number of hydrogen-bond acceptors (Lipinski definition) is 3. The standard InChI is InChI=1S/C21H23F2N3O3S/c22-14-4-6-20-18(10-14)19-11-15(23)5-7-21(19)25(20)13-17(27)12-24-8-9-26(30(24,28)29)16-2-1-3-16/h4-7,10-11,16-17,27H,1-3,8-9,12-13H2. The van der Waals surface area contributed by atoms with Crippen molar-refractivity contribution in [1.29, 1.82) is 0 Å². The molecule has 2 fully saturated rings. The van der Waals surface area contributed by atoms with Gasteiger partial charge in [-0.25, -0.2) is 8.78 Å². The van der Waals surface area contributed by atoms with Gasteiger partial charge in [-0.3, -0.25) is 0 Å². The van der Waals surface area contributed by atoms with Crippen molar-refractivity contribution in [1.82, 2.24) is 13.2 Å². The molecule has 2 aromatic carbocycles. The zero-order chi connectivity index (χ0) is 21.0. The number of hydrogen-bond donors (Lipinski definition) is 1. The summed E-state index contributed by atoms with van der Waals surface area (Å²) in [5.41, 5.74) is 1.33. The normalized spacial score (nSPS) is 21.4. The summed E-state index contributed by atoms with van der Waals surface area (Å²) in [6, 6.07) is 8.62. The second-order valence-electron chi connectivity index (χ2n) is 8.15. The van der Waals surface area contributed by atoms with Crippen molar-refractivity contribution in [2.75, 3.05) is 19.6 Å². The van der Waals surface area contributed by atoms with Gasteiger partial charge in [-0.1, -0.05) is 6.42 Å². The SMILES string of the molecule is O=S1(=O)N(CC(O)Cn2c3ccc(F)cc3c3cc(F)ccc32)CCN1C1CCC1. The van der Waals surface area contributed by atoms with Crippen LogP contribution in [0, 0.1) is 11.6 Å². The first-order chi connectivity index (χ1) is 14.3. The van der Waals surface area contributed by atoms with Crippen LogP contribution < -0.4 is 0 Å². The van der Waals surface area contributed by atoms with Gasteiger partial charge in [-0.05, 0) is 49.2 Å². The lowest BCUT2D eigenvalue weighted by Gasteiger charge is -2.33. The van der Waals surface area contributed by atoms with Gasteiger partial charge in [0.05, 0.1) is 12.6 Å². The summed E-state index contributed by atoms with van der Waals surface area (Å²) in [7, 11) is -3.56. The van der Waals surface area contributed by atoms with E-state index in [1.807, 2.05) is 0 Å². The molecule has 0 radical (unpaired) electrons. The predicted molar refractivity (Wildman–Crippen MR) is 110 cm³/mol. The second kappa shape index (κ2) is 7.26. The Balaban J connectivity index is 1.43. The third-order valence-corrected chi connectivity index (χ3v) is 8.33. The molecule has 1 atom stereocenters. The van der Waals surface area contributed by atoms with E-state index in [0.717, 1.165) is 19.3 Å². The molecule has 2 aliphatic rings. The number of aliphatic hydroxyl groups excluding tert-OH is 1. The Morgan fingerprint density at radius 2 is 1.57 bits per heavy atom. The van der Waals surface area contributed by atoms with Crippen LogP contribution in [0.5, 0.6) is 0 Å². The van der Waals surface area contributed by atoms with Crippen molar-refractivity contribution in [2.45, 2.75) is 38.0 Å². The molecule has 1 saturated carbocycles. The molecule has 160 valence electrons. The maximum atomic E-state index is 13.8. The molecule has 0 bridgehead atoms. The van der Waals surface area contributed by atoms with Crippen LogP contribution in [0.1, 0.15) is 19.3 Å². The molecule has 1 aromatic heterocycles. The third-order valence-electron chi connectivity index (χ3n) is 6.27. The van der Waals surface area contributed by atoms with Crippen molar-refractivity contribution in [3.8, 4) is 0 Å². The number of fused-ring (bicyclic) bond motifs is 3. The molecule has 0 spiro atoms. The molecule has 2 heterocycles. The lowest BCUT2D eigenvalue weighted by molar-refractivity contribution is 0.133. The second-order valence-corrected chi connectivity index (χ2v) is 10.0. The largest absolute Gasteiger partial charge is 0.390 e. The van der Waals surface area contributed by atoms with Crippen molar-refractivity contribution in [2.24, 2.45) is 0 Å². The monoisotopic (exact) mass is 435 g/mol. The third kappa shape index (κ3) is 3.20. The van der Waals surface area contributed by atoms with Gasteiger partial charge in [0.1, 0.15) is 11.6 Å². The zero-order valence-electron chi connectivity index (χ0n) is 16.3. The van der Waals surface area contributed by atoms with E-state index in [-0.39, 0.29) is 19.1 Å². The molecule has 9 heteroatoms. The Kier molecular flexibility index (Phi) is 4.81. The van der Waals surface area contributed by atoms with Crippen molar-refractivity contribution in [3.63, 3.8) is 0 Å². The zero-order valence-corrected chi connectivity index (χ0v) is 17.2. The summed E-state index contributed by atoms with van der Waals surface area (Å²) in [6.45, 7) is 0.912. The molecular weight excluding hydrogens is 412 g/mol. The molecule has 6 nitrogen and oxygen atoms in total. The Labute approximate surface area is 173 Å². The minimum Gasteiger partial charge on any atom is -0.390 e. The van der Waals surface area contributed by atoms with Crippen LogP contribution in [-0.4, -0.2) is 58.5 Å². The Morgan fingerprint density at radius 3 is 2.10 bits per heavy atom. The molecule has 5 rings (SSSR count). The molecule has 1 saturated heterocycles. The van der Waals surface area contributed by atoms with Crippen LogP contribution in [0.15, 0.2) is 36.4 Å². The maximum Gasteiger partial charge on any atom is 0.282 e. The highest BCUT2D eigenvalue weighted by molar-refractivity contribution is 7.87. The summed E-state index contributed by atoms with van der Waals surface area (Å²) >= 11 is 0. The first-order valence-corrected chi connectivity index (χ1v) is 11.6. The molecule has 30 heavy (non-hydrogen) atoms. The highest BCUT2D eigenvalue weighted by Crippen LogP contribution is 2.32. The lowest BCUT2D eigenvalue weighted by atomic mass is 9.93. The Morgan fingerprint density at radius 1 is 0.967 bits per heavy atom. The first kappa shape index (κ1) is 19.9. The van der Waals surface area contributed by atoms with E-state index in [1.165, 1.54) is 28.6 Å². The molecule has 0 amide bonds. The highest BCUT2D eigenvalue weighted by atomic mass is 32.2. The van der Waals surface area contributed by atoms with Crippen LogP contribution in [0.4, 0.5) is 8.78 Å². The summed E-state index contributed by atoms with van der Waals surface area (Å²) in [5, 5.41) is 11.9. The maximum absolute atomic E-state index is 13.8. The van der Waals surface area contributed by atoms with Crippen molar-refractivity contribution >= 4 is 32.0 Å². The predicted octanol–water partition coefficient (Wildman–Crippen LogP) is 2.85. The van der Waals surface area contributed by atoms with Gasteiger partial charge in [0.2, 0.25) is 0 Å². The number of aliphatic hydroxyl groups is 1. The Hall–Kier alpha value is -2.07. The molecule has 1 aliphatic heterocycles. The topological polar surface area (TPSA) is 65.8 Å². The highest BCUT2D eigenvalue weighted by Gasteiger charge is 2.43. The van der Waals surface area contributed by atoms with E-state index >= 15 is 0 Å². The first-order valence-electron chi connectivity index (χ1n) is 10.2. The average molecular weight is 435 g/mol. The fourth-order valence-corrected chi connectivity index (χ4v) is 6.44. The quantitative estimate of drug-likeness (QED) is 0.670. The number of nitrogens with zero attached hydrogens (tertiary/aromatic N) is 3. The summed E-state index contributed by atoms with van der Waals surface area (Å²) in [5.74, 6) is -0.851. The van der Waals surface area contributed by atoms with Crippen LogP contribution in [0.2, 0.25) is 0 Å². The molecule has 1 N–H and O–H groups in total. The number of β-amino-alcohol motifs (C(OH)–C–C–N with tert-alkyl or cyclic N) is 1. The minimum absolute atomic E-state index is 0.0187. The fourth-order valence-electron chi connectivity index (χ4n) is 4.57. The van der Waals surface area contributed by atoms with E-state index in [0.29, 0.717) is 34.9 Å². The van der Waals surface area contributed by atoms with Crippen LogP contribution in [-0.2, 0) is 16.8 Å². The van der Waals surface area contributed by atoms with Gasteiger partial charge in [0.15, 0.2) is 0 Å². The number of rotatable bonds is 5. The van der Waals surface area contributed by atoms with Crippen LogP contribution in [0.25, 0.3) is 21.8 Å². The number of halogens is 2. The minimum atomic E-state index is -3.56. The molecule has 1 aliphatic carbocycles. The van der Waals surface area contributed by atoms with Gasteiger partial charge in [-0.15, -0.1) is 0 Å². The van der Waals surface area contributed by atoms with Crippen LogP contribution >= 0.6 is 0 Å². The van der Waals surface area contributed by atoms with E-state index in [9.17, 15) is 22.3 Å². The lowest BCUT2D eigenvalue weighted by Crippen LogP contribution is -2.45. The van der Waals surface area contributed by atoms with Gasteiger partial charge < -0.3 is 9.67 Å². The van der Waals surface area contributed by atoms with Gasteiger partial charge in [0.25, 0.3) is 10.2 Å².